The molecule has 0 saturated heterocycles. The van der Waals surface area contributed by atoms with Crippen LogP contribution in [0.2, 0.25) is 0 Å². The molecule has 4 aliphatic carbocycles. The Morgan fingerprint density at radius 2 is 1.03 bits per heavy atom. The molecule has 0 aromatic carbocycles. The second-order valence-corrected chi connectivity index (χ2v) is 12.9. The Balaban J connectivity index is 1.15. The van der Waals surface area contributed by atoms with Gasteiger partial charge in [0, 0.05) is 0 Å². The predicted octanol–water partition coefficient (Wildman–Crippen LogP) is 10.2. The van der Waals surface area contributed by atoms with E-state index in [2.05, 4.69) is 13.8 Å². The van der Waals surface area contributed by atoms with Gasteiger partial charge in [0.2, 0.25) is 0 Å². The summed E-state index contributed by atoms with van der Waals surface area (Å²) in [6.45, 7) is 4.66. The summed E-state index contributed by atoms with van der Waals surface area (Å²) in [5.74, 6) is 6.70. The fourth-order valence-electron chi connectivity index (χ4n) is 8.87. The second-order valence-electron chi connectivity index (χ2n) is 12.9. The summed E-state index contributed by atoms with van der Waals surface area (Å²) in [5, 5.41) is 0. The van der Waals surface area contributed by atoms with Crippen molar-refractivity contribution < 1.29 is 4.39 Å². The Hall–Kier alpha value is -0.0700. The van der Waals surface area contributed by atoms with Crippen molar-refractivity contribution >= 4 is 0 Å². The Labute approximate surface area is 200 Å². The van der Waals surface area contributed by atoms with Crippen LogP contribution in [0.4, 0.5) is 4.39 Å². The standard InChI is InChI=1S/C31H55F/c1-3-5-6-7-24-10-12-25(13-11-24)26-16-18-27(19-17-26)29-20-21-30(31(32)22-29)28-14-8-23(4-2)9-15-28/h23-31H,3-22H2,1-2H3. The van der Waals surface area contributed by atoms with Crippen LogP contribution < -0.4 is 0 Å². The molecule has 0 aliphatic heterocycles. The van der Waals surface area contributed by atoms with Crippen molar-refractivity contribution in [3.63, 3.8) is 0 Å². The van der Waals surface area contributed by atoms with Crippen LogP contribution in [0.1, 0.15) is 142 Å². The number of halogens is 1. The second kappa shape index (κ2) is 12.6. The highest BCUT2D eigenvalue weighted by atomic mass is 19.1. The molecule has 1 heteroatoms. The summed E-state index contributed by atoms with van der Waals surface area (Å²) < 4.78 is 15.3. The zero-order valence-corrected chi connectivity index (χ0v) is 21.7. The third-order valence-corrected chi connectivity index (χ3v) is 11.2. The highest BCUT2D eigenvalue weighted by molar-refractivity contribution is 4.91. The summed E-state index contributed by atoms with van der Waals surface area (Å²) in [7, 11) is 0. The average molecular weight is 447 g/mol. The summed E-state index contributed by atoms with van der Waals surface area (Å²) in [4.78, 5) is 0. The maximum Gasteiger partial charge on any atom is 0.103 e. The molecule has 4 saturated carbocycles. The SMILES string of the molecule is CCCCCC1CCC(C2CCC(C3CCC(C4CCC(CC)CC4)C(F)C3)CC2)CC1. The van der Waals surface area contributed by atoms with Crippen LogP contribution in [0.25, 0.3) is 0 Å². The maximum absolute atomic E-state index is 15.3. The van der Waals surface area contributed by atoms with Crippen molar-refractivity contribution in [3.8, 4) is 0 Å². The lowest BCUT2D eigenvalue weighted by Gasteiger charge is -2.44. The van der Waals surface area contributed by atoms with Crippen molar-refractivity contribution in [2.75, 3.05) is 0 Å². The van der Waals surface area contributed by atoms with Gasteiger partial charge in [-0.2, -0.15) is 0 Å². The molecular weight excluding hydrogens is 391 g/mol. The molecule has 0 spiro atoms. The molecule has 0 radical (unpaired) electrons. The van der Waals surface area contributed by atoms with Gasteiger partial charge < -0.3 is 0 Å². The van der Waals surface area contributed by atoms with E-state index in [-0.39, 0.29) is 0 Å². The zero-order valence-electron chi connectivity index (χ0n) is 21.7. The molecule has 0 aromatic heterocycles. The molecule has 4 rings (SSSR count). The molecule has 3 unspecified atom stereocenters. The van der Waals surface area contributed by atoms with E-state index < -0.39 is 6.17 Å². The van der Waals surface area contributed by atoms with Gasteiger partial charge >= 0.3 is 0 Å². The molecule has 0 bridgehead atoms. The van der Waals surface area contributed by atoms with Crippen LogP contribution in [0.15, 0.2) is 0 Å². The first-order valence-electron chi connectivity index (χ1n) is 15.3. The van der Waals surface area contributed by atoms with Crippen LogP contribution in [-0.2, 0) is 0 Å². The van der Waals surface area contributed by atoms with Crippen LogP contribution in [-0.4, -0.2) is 6.17 Å². The molecule has 4 aliphatic rings. The van der Waals surface area contributed by atoms with E-state index in [1.807, 2.05) is 0 Å². The third-order valence-electron chi connectivity index (χ3n) is 11.2. The molecule has 0 aromatic rings. The fourth-order valence-corrected chi connectivity index (χ4v) is 8.87. The van der Waals surface area contributed by atoms with Gasteiger partial charge in [0.05, 0.1) is 0 Å². The lowest BCUT2D eigenvalue weighted by Crippen LogP contribution is -2.37. The summed E-state index contributed by atoms with van der Waals surface area (Å²) >= 11 is 0. The third kappa shape index (κ3) is 6.53. The van der Waals surface area contributed by atoms with E-state index in [4.69, 9.17) is 0 Å². The molecule has 0 N–H and O–H groups in total. The molecular formula is C31H55F. The predicted molar refractivity (Wildman–Crippen MR) is 137 cm³/mol. The van der Waals surface area contributed by atoms with Gasteiger partial charge in [0.15, 0.2) is 0 Å². The van der Waals surface area contributed by atoms with Gasteiger partial charge in [0.25, 0.3) is 0 Å². The molecule has 32 heavy (non-hydrogen) atoms. The van der Waals surface area contributed by atoms with Crippen LogP contribution in [0.5, 0.6) is 0 Å². The lowest BCUT2D eigenvalue weighted by molar-refractivity contribution is 0.0285. The monoisotopic (exact) mass is 446 g/mol. The average Bonchev–Trinajstić information content (AvgIpc) is 2.85. The van der Waals surface area contributed by atoms with Crippen molar-refractivity contribution in [1.82, 2.24) is 0 Å². The first kappa shape index (κ1) is 25.0. The first-order chi connectivity index (χ1) is 15.7. The van der Waals surface area contributed by atoms with Crippen molar-refractivity contribution in [2.24, 2.45) is 47.3 Å². The number of alkyl halides is 1. The molecule has 0 amide bonds. The molecule has 0 heterocycles. The minimum atomic E-state index is -0.488. The van der Waals surface area contributed by atoms with E-state index in [9.17, 15) is 0 Å². The highest BCUT2D eigenvalue weighted by Gasteiger charge is 2.40. The van der Waals surface area contributed by atoms with E-state index in [0.29, 0.717) is 17.8 Å². The van der Waals surface area contributed by atoms with E-state index in [1.165, 1.54) is 122 Å². The topological polar surface area (TPSA) is 0 Å². The van der Waals surface area contributed by atoms with E-state index >= 15 is 4.39 Å². The number of hydrogen-bond acceptors (Lipinski definition) is 0. The molecule has 3 atom stereocenters. The smallest absolute Gasteiger partial charge is 0.103 e. The number of rotatable bonds is 8. The fraction of sp³-hybridized carbons (Fsp3) is 1.00. The highest BCUT2D eigenvalue weighted by Crippen LogP contribution is 2.49. The van der Waals surface area contributed by atoms with Crippen LogP contribution in [0, 0.1) is 47.3 Å². The molecule has 186 valence electrons. The van der Waals surface area contributed by atoms with Gasteiger partial charge in [-0.15, -0.1) is 0 Å². The van der Waals surface area contributed by atoms with Gasteiger partial charge in [-0.1, -0.05) is 71.6 Å². The normalized spacial score (nSPS) is 43.8. The van der Waals surface area contributed by atoms with Crippen molar-refractivity contribution in [3.05, 3.63) is 0 Å². The number of unbranched alkanes of at least 4 members (excludes halogenated alkanes) is 2. The van der Waals surface area contributed by atoms with Crippen molar-refractivity contribution in [1.29, 1.82) is 0 Å². The van der Waals surface area contributed by atoms with Crippen LogP contribution >= 0.6 is 0 Å². The van der Waals surface area contributed by atoms with Crippen LogP contribution in [0.3, 0.4) is 0 Å². The minimum Gasteiger partial charge on any atom is -0.247 e. The van der Waals surface area contributed by atoms with Gasteiger partial charge in [-0.3, -0.25) is 0 Å². The van der Waals surface area contributed by atoms with E-state index in [1.54, 1.807) is 0 Å². The van der Waals surface area contributed by atoms with Gasteiger partial charge in [-0.05, 0) is 118 Å². The maximum atomic E-state index is 15.3. The first-order valence-corrected chi connectivity index (χ1v) is 15.3. The summed E-state index contributed by atoms with van der Waals surface area (Å²) in [5.41, 5.74) is 0. The molecule has 0 nitrogen and oxygen atoms in total. The van der Waals surface area contributed by atoms with E-state index in [0.717, 1.165) is 36.0 Å². The zero-order chi connectivity index (χ0) is 22.3. The minimum absolute atomic E-state index is 0.410. The summed E-state index contributed by atoms with van der Waals surface area (Å²) in [6, 6.07) is 0. The van der Waals surface area contributed by atoms with Gasteiger partial charge in [-0.25, -0.2) is 4.39 Å². The Kier molecular flexibility index (Phi) is 9.84. The number of hydrogen-bond donors (Lipinski definition) is 0. The Morgan fingerprint density at radius 3 is 1.59 bits per heavy atom. The van der Waals surface area contributed by atoms with Gasteiger partial charge in [0.1, 0.15) is 6.17 Å². The summed E-state index contributed by atoms with van der Waals surface area (Å²) in [6.07, 6.45) is 27.3. The largest absolute Gasteiger partial charge is 0.247 e. The quantitative estimate of drug-likeness (QED) is 0.325. The Morgan fingerprint density at radius 1 is 0.531 bits per heavy atom. The Bertz CT molecular complexity index is 505. The lowest BCUT2D eigenvalue weighted by atomic mass is 9.62. The molecule has 4 fully saturated rings. The van der Waals surface area contributed by atoms with Crippen molar-refractivity contribution in [2.45, 2.75) is 148 Å².